The van der Waals surface area contributed by atoms with E-state index in [1.165, 1.54) is 0 Å². The lowest BCUT2D eigenvalue weighted by Gasteiger charge is -2.35. The summed E-state index contributed by atoms with van der Waals surface area (Å²) in [6, 6.07) is 9.19. The van der Waals surface area contributed by atoms with Crippen LogP contribution in [0.1, 0.15) is 18.4 Å². The summed E-state index contributed by atoms with van der Waals surface area (Å²) in [4.78, 5) is 10.4. The van der Waals surface area contributed by atoms with E-state index in [0.717, 1.165) is 43.2 Å². The number of anilines is 1. The van der Waals surface area contributed by atoms with Crippen LogP contribution < -0.4 is 20.3 Å². The number of aromatic nitrogens is 1. The second-order valence-electron chi connectivity index (χ2n) is 6.92. The van der Waals surface area contributed by atoms with Crippen LogP contribution in [-0.2, 0) is 0 Å². The second-order valence-corrected chi connectivity index (χ2v) is 6.92. The van der Waals surface area contributed by atoms with Crippen molar-refractivity contribution >= 4 is 35.6 Å². The van der Waals surface area contributed by atoms with Gasteiger partial charge in [-0.2, -0.15) is 0 Å². The second kappa shape index (κ2) is 11.8. The maximum atomic E-state index is 14.2. The lowest BCUT2D eigenvalue weighted by Crippen LogP contribution is -2.51. The molecule has 0 aliphatic carbocycles. The van der Waals surface area contributed by atoms with Crippen molar-refractivity contribution in [3.8, 4) is 5.75 Å². The molecule has 0 saturated carbocycles. The smallest absolute Gasteiger partial charge is 0.191 e. The number of piperidine rings is 1. The van der Waals surface area contributed by atoms with Crippen LogP contribution in [0.3, 0.4) is 0 Å². The average Bonchev–Trinajstić information content (AvgIpc) is 2.73. The Labute approximate surface area is 189 Å². The summed E-state index contributed by atoms with van der Waals surface area (Å²) in [6.07, 6.45) is 5.43. The molecule has 1 atom stereocenters. The summed E-state index contributed by atoms with van der Waals surface area (Å²) in [5.74, 6) is 1.31. The lowest BCUT2D eigenvalue weighted by atomic mass is 10.0. The van der Waals surface area contributed by atoms with E-state index in [1.807, 2.05) is 25.1 Å². The van der Waals surface area contributed by atoms with Crippen molar-refractivity contribution in [3.05, 3.63) is 54.1 Å². The van der Waals surface area contributed by atoms with E-state index in [9.17, 15) is 4.39 Å². The number of halogens is 2. The zero-order chi connectivity index (χ0) is 19.8. The molecule has 6 nitrogen and oxygen atoms in total. The molecule has 1 fully saturated rings. The van der Waals surface area contributed by atoms with Crippen LogP contribution >= 0.6 is 24.0 Å². The summed E-state index contributed by atoms with van der Waals surface area (Å²) in [7, 11) is 1.75. The van der Waals surface area contributed by atoms with E-state index in [1.54, 1.807) is 31.6 Å². The highest BCUT2D eigenvalue weighted by molar-refractivity contribution is 14.0. The summed E-state index contributed by atoms with van der Waals surface area (Å²) in [5, 5.41) is 6.71. The molecular weight excluding hydrogens is 484 g/mol. The minimum atomic E-state index is -0.165. The fourth-order valence-electron chi connectivity index (χ4n) is 3.34. The molecule has 1 aliphatic rings. The summed E-state index contributed by atoms with van der Waals surface area (Å²) < 4.78 is 19.9. The first-order valence-corrected chi connectivity index (χ1v) is 9.67. The standard InChI is InChI=1S/C21H28FN5O.HI/c1-16-7-8-19(22)20(13-16)27-11-4-5-17(15-27)26-21(23-2)25-10-12-28-18-6-3-9-24-14-18;/h3,6-9,13-14,17H,4-5,10-12,15H2,1-2H3,(H2,23,25,26);1H. The van der Waals surface area contributed by atoms with Crippen molar-refractivity contribution in [1.82, 2.24) is 15.6 Å². The maximum Gasteiger partial charge on any atom is 0.191 e. The number of benzene rings is 1. The van der Waals surface area contributed by atoms with Crippen LogP contribution in [0.15, 0.2) is 47.7 Å². The van der Waals surface area contributed by atoms with E-state index in [-0.39, 0.29) is 35.8 Å². The molecule has 0 spiro atoms. The van der Waals surface area contributed by atoms with E-state index >= 15 is 0 Å². The average molecular weight is 513 g/mol. The van der Waals surface area contributed by atoms with Gasteiger partial charge in [0, 0.05) is 32.4 Å². The maximum absolute atomic E-state index is 14.2. The molecule has 158 valence electrons. The molecule has 2 heterocycles. The highest BCUT2D eigenvalue weighted by Crippen LogP contribution is 2.24. The summed E-state index contributed by atoms with van der Waals surface area (Å²) in [5.41, 5.74) is 1.75. The van der Waals surface area contributed by atoms with Crippen LogP contribution in [0.4, 0.5) is 10.1 Å². The van der Waals surface area contributed by atoms with Crippen LogP contribution in [-0.4, -0.2) is 50.3 Å². The molecule has 1 aliphatic heterocycles. The van der Waals surface area contributed by atoms with Gasteiger partial charge in [0.1, 0.15) is 18.2 Å². The van der Waals surface area contributed by atoms with Crippen molar-refractivity contribution in [2.24, 2.45) is 4.99 Å². The number of hydrogen-bond acceptors (Lipinski definition) is 4. The predicted molar refractivity (Wildman–Crippen MR) is 126 cm³/mol. The molecule has 1 unspecified atom stereocenters. The SMILES string of the molecule is CN=C(NCCOc1cccnc1)NC1CCCN(c2cc(C)ccc2F)C1.I. The van der Waals surface area contributed by atoms with Gasteiger partial charge >= 0.3 is 0 Å². The van der Waals surface area contributed by atoms with Crippen LogP contribution in [0.2, 0.25) is 0 Å². The molecule has 2 aromatic rings. The molecule has 3 rings (SSSR count). The van der Waals surface area contributed by atoms with Gasteiger partial charge in [-0.3, -0.25) is 9.98 Å². The van der Waals surface area contributed by atoms with Crippen molar-refractivity contribution < 1.29 is 9.13 Å². The number of aliphatic imine (C=N–C) groups is 1. The van der Waals surface area contributed by atoms with Gasteiger partial charge in [0.25, 0.3) is 0 Å². The number of nitrogens with one attached hydrogen (secondary N) is 2. The molecule has 1 saturated heterocycles. The Bertz CT molecular complexity index is 790. The Kier molecular flexibility index (Phi) is 9.43. The van der Waals surface area contributed by atoms with Gasteiger partial charge in [-0.15, -0.1) is 24.0 Å². The molecule has 8 heteroatoms. The van der Waals surface area contributed by atoms with Crippen molar-refractivity contribution in [2.45, 2.75) is 25.8 Å². The topological polar surface area (TPSA) is 61.8 Å². The number of pyridine rings is 1. The van der Waals surface area contributed by atoms with Crippen molar-refractivity contribution in [2.75, 3.05) is 38.2 Å². The first kappa shape index (κ1) is 23.2. The fourth-order valence-corrected chi connectivity index (χ4v) is 3.34. The zero-order valence-corrected chi connectivity index (χ0v) is 19.2. The molecule has 2 N–H and O–H groups in total. The van der Waals surface area contributed by atoms with Gasteiger partial charge in [-0.25, -0.2) is 4.39 Å². The third-order valence-corrected chi connectivity index (χ3v) is 4.73. The number of nitrogens with zero attached hydrogens (tertiary/aromatic N) is 3. The molecule has 0 amide bonds. The Balaban J connectivity index is 0.00000300. The molecule has 0 radical (unpaired) electrons. The predicted octanol–water partition coefficient (Wildman–Crippen LogP) is 3.36. The number of ether oxygens (including phenoxy) is 1. The van der Waals surface area contributed by atoms with Gasteiger partial charge in [0.2, 0.25) is 0 Å². The Morgan fingerprint density at radius 3 is 3.00 bits per heavy atom. The minimum absolute atomic E-state index is 0. The summed E-state index contributed by atoms with van der Waals surface area (Å²) >= 11 is 0. The van der Waals surface area contributed by atoms with Crippen molar-refractivity contribution in [1.29, 1.82) is 0 Å². The third kappa shape index (κ3) is 7.02. The number of hydrogen-bond donors (Lipinski definition) is 2. The normalized spacial score (nSPS) is 16.7. The van der Waals surface area contributed by atoms with Crippen LogP contribution in [0, 0.1) is 12.7 Å². The van der Waals surface area contributed by atoms with Gasteiger partial charge < -0.3 is 20.3 Å². The fraction of sp³-hybridized carbons (Fsp3) is 0.429. The molecular formula is C21H29FIN5O. The van der Waals surface area contributed by atoms with E-state index < -0.39 is 0 Å². The van der Waals surface area contributed by atoms with Gasteiger partial charge in [0.15, 0.2) is 5.96 Å². The Morgan fingerprint density at radius 2 is 2.24 bits per heavy atom. The van der Waals surface area contributed by atoms with E-state index in [0.29, 0.717) is 18.8 Å². The Hall–Kier alpha value is -2.10. The monoisotopic (exact) mass is 513 g/mol. The largest absolute Gasteiger partial charge is 0.490 e. The van der Waals surface area contributed by atoms with Crippen molar-refractivity contribution in [3.63, 3.8) is 0 Å². The summed E-state index contributed by atoms with van der Waals surface area (Å²) in [6.45, 7) is 4.73. The van der Waals surface area contributed by atoms with E-state index in [2.05, 4.69) is 25.5 Å². The van der Waals surface area contributed by atoms with E-state index in [4.69, 9.17) is 4.74 Å². The lowest BCUT2D eigenvalue weighted by molar-refractivity contribution is 0.320. The quantitative estimate of drug-likeness (QED) is 0.269. The first-order valence-electron chi connectivity index (χ1n) is 9.67. The number of aryl methyl sites for hydroxylation is 1. The number of guanidine groups is 1. The molecule has 1 aromatic heterocycles. The molecule has 29 heavy (non-hydrogen) atoms. The highest BCUT2D eigenvalue weighted by atomic mass is 127. The molecule has 0 bridgehead atoms. The molecule has 1 aromatic carbocycles. The first-order chi connectivity index (χ1) is 13.7. The number of rotatable bonds is 6. The highest BCUT2D eigenvalue weighted by Gasteiger charge is 2.22. The van der Waals surface area contributed by atoms with Gasteiger partial charge in [0.05, 0.1) is 18.4 Å². The third-order valence-electron chi connectivity index (χ3n) is 4.73. The van der Waals surface area contributed by atoms with Gasteiger partial charge in [-0.1, -0.05) is 6.07 Å². The minimum Gasteiger partial charge on any atom is -0.490 e. The van der Waals surface area contributed by atoms with Crippen LogP contribution in [0.5, 0.6) is 5.75 Å². The Morgan fingerprint density at radius 1 is 1.38 bits per heavy atom. The zero-order valence-electron chi connectivity index (χ0n) is 16.9. The van der Waals surface area contributed by atoms with Gasteiger partial charge in [-0.05, 0) is 49.6 Å². The van der Waals surface area contributed by atoms with Crippen LogP contribution in [0.25, 0.3) is 0 Å².